The number of nitrogens with one attached hydrogen (secondary N) is 1. The van der Waals surface area contributed by atoms with E-state index < -0.39 is 22.7 Å². The first kappa shape index (κ1) is 15.1. The molecule has 1 aromatic carbocycles. The maximum Gasteiger partial charge on any atom is 0.336 e. The molecule has 0 saturated heterocycles. The fourth-order valence-corrected chi connectivity index (χ4v) is 2.96. The Morgan fingerprint density at radius 3 is 2.61 bits per heavy atom. The maximum absolute atomic E-state index is 12.0. The van der Waals surface area contributed by atoms with E-state index in [1.165, 1.54) is 6.07 Å². The summed E-state index contributed by atoms with van der Waals surface area (Å²) in [6.45, 7) is 0.368. The van der Waals surface area contributed by atoms with E-state index in [1.807, 2.05) is 4.72 Å². The van der Waals surface area contributed by atoms with Gasteiger partial charge >= 0.3 is 5.97 Å². The molecule has 0 bridgehead atoms. The predicted molar refractivity (Wildman–Crippen MR) is 67.0 cm³/mol. The SMILES string of the molecule is Cc1c(Br)cc(S(=O)(=O)NCCF)cc1C(=O)O. The highest BCUT2D eigenvalue weighted by Gasteiger charge is 2.19. The molecular formula is C10H11BrFNO4S. The number of alkyl halides is 1. The van der Waals surface area contributed by atoms with Gasteiger partial charge in [0.2, 0.25) is 10.0 Å². The number of rotatable bonds is 5. The van der Waals surface area contributed by atoms with E-state index in [2.05, 4.69) is 15.9 Å². The maximum atomic E-state index is 12.0. The number of hydrogen-bond donors (Lipinski definition) is 2. The van der Waals surface area contributed by atoms with Gasteiger partial charge in [0.1, 0.15) is 6.67 Å². The largest absolute Gasteiger partial charge is 0.478 e. The lowest BCUT2D eigenvalue weighted by Crippen LogP contribution is -2.26. The van der Waals surface area contributed by atoms with E-state index in [4.69, 9.17) is 5.11 Å². The molecular weight excluding hydrogens is 329 g/mol. The molecule has 0 saturated carbocycles. The van der Waals surface area contributed by atoms with Crippen LogP contribution in [0.5, 0.6) is 0 Å². The van der Waals surface area contributed by atoms with Gasteiger partial charge in [0.25, 0.3) is 0 Å². The summed E-state index contributed by atoms with van der Waals surface area (Å²) in [7, 11) is -3.90. The van der Waals surface area contributed by atoms with Crippen molar-refractivity contribution < 1.29 is 22.7 Å². The lowest BCUT2D eigenvalue weighted by molar-refractivity contribution is 0.0695. The molecule has 0 spiro atoms. The van der Waals surface area contributed by atoms with Gasteiger partial charge in [-0.3, -0.25) is 0 Å². The summed E-state index contributed by atoms with van der Waals surface area (Å²) < 4.78 is 37.8. The second-order valence-electron chi connectivity index (χ2n) is 3.47. The molecule has 100 valence electrons. The van der Waals surface area contributed by atoms with Crippen LogP contribution >= 0.6 is 15.9 Å². The summed E-state index contributed by atoms with van der Waals surface area (Å²) in [6.07, 6.45) is 0. The molecule has 0 fully saturated rings. The molecule has 0 radical (unpaired) electrons. The van der Waals surface area contributed by atoms with Gasteiger partial charge in [0, 0.05) is 11.0 Å². The number of halogens is 2. The Bertz CT molecular complexity index is 573. The highest BCUT2D eigenvalue weighted by Crippen LogP contribution is 2.24. The molecule has 5 nitrogen and oxygen atoms in total. The number of carboxylic acid groups (broad SMARTS) is 1. The van der Waals surface area contributed by atoms with Crippen molar-refractivity contribution in [2.24, 2.45) is 0 Å². The average Bonchev–Trinajstić information content (AvgIpc) is 2.29. The summed E-state index contributed by atoms with van der Waals surface area (Å²) in [5.74, 6) is -1.23. The molecule has 0 heterocycles. The van der Waals surface area contributed by atoms with Crippen LogP contribution in [0.1, 0.15) is 15.9 Å². The van der Waals surface area contributed by atoms with Gasteiger partial charge in [0.05, 0.1) is 10.5 Å². The minimum Gasteiger partial charge on any atom is -0.478 e. The van der Waals surface area contributed by atoms with Crippen LogP contribution in [0.2, 0.25) is 0 Å². The van der Waals surface area contributed by atoms with Crippen LogP contribution in [-0.4, -0.2) is 32.7 Å². The molecule has 0 amide bonds. The van der Waals surface area contributed by atoms with E-state index in [1.54, 1.807) is 6.92 Å². The minimum absolute atomic E-state index is 0.120. The topological polar surface area (TPSA) is 83.5 Å². The van der Waals surface area contributed by atoms with Crippen LogP contribution < -0.4 is 4.72 Å². The van der Waals surface area contributed by atoms with Crippen LogP contribution in [0, 0.1) is 6.92 Å². The first-order chi connectivity index (χ1) is 8.29. The van der Waals surface area contributed by atoms with E-state index in [-0.39, 0.29) is 17.0 Å². The molecule has 8 heteroatoms. The van der Waals surface area contributed by atoms with Crippen molar-refractivity contribution in [3.8, 4) is 0 Å². The third-order valence-corrected chi connectivity index (χ3v) is 4.51. The molecule has 0 aliphatic rings. The fourth-order valence-electron chi connectivity index (χ4n) is 1.29. The zero-order valence-electron chi connectivity index (χ0n) is 9.41. The molecule has 1 rings (SSSR count). The zero-order valence-corrected chi connectivity index (χ0v) is 11.8. The molecule has 0 unspecified atom stereocenters. The lowest BCUT2D eigenvalue weighted by Gasteiger charge is -2.09. The van der Waals surface area contributed by atoms with E-state index >= 15 is 0 Å². The number of benzene rings is 1. The van der Waals surface area contributed by atoms with Crippen LogP contribution in [0.25, 0.3) is 0 Å². The van der Waals surface area contributed by atoms with Gasteiger partial charge in [-0.25, -0.2) is 22.3 Å². The van der Waals surface area contributed by atoms with Crippen molar-refractivity contribution in [1.29, 1.82) is 0 Å². The molecule has 0 aromatic heterocycles. The van der Waals surface area contributed by atoms with Crippen LogP contribution in [0.4, 0.5) is 4.39 Å². The third kappa shape index (κ3) is 3.27. The minimum atomic E-state index is -3.90. The second kappa shape index (κ2) is 5.77. The van der Waals surface area contributed by atoms with Crippen LogP contribution in [0.15, 0.2) is 21.5 Å². The summed E-state index contributed by atoms with van der Waals surface area (Å²) in [5, 5.41) is 8.96. The highest BCUT2D eigenvalue weighted by molar-refractivity contribution is 9.10. The van der Waals surface area contributed by atoms with Crippen molar-refractivity contribution in [3.63, 3.8) is 0 Å². The quantitative estimate of drug-likeness (QED) is 0.855. The van der Waals surface area contributed by atoms with Gasteiger partial charge in [-0.05, 0) is 24.6 Å². The van der Waals surface area contributed by atoms with Crippen LogP contribution in [0.3, 0.4) is 0 Å². The summed E-state index contributed by atoms with van der Waals surface area (Å²) in [6, 6.07) is 2.32. The average molecular weight is 340 g/mol. The monoisotopic (exact) mass is 339 g/mol. The number of carbonyl (C=O) groups is 1. The first-order valence-corrected chi connectivity index (χ1v) is 7.16. The Balaban J connectivity index is 3.31. The number of aromatic carboxylic acids is 1. The van der Waals surface area contributed by atoms with Gasteiger partial charge < -0.3 is 5.11 Å². The number of carboxylic acids is 1. The standard InChI is InChI=1S/C10H11BrFNO4S/c1-6-8(10(14)15)4-7(5-9(6)11)18(16,17)13-3-2-12/h4-5,13H,2-3H2,1H3,(H,14,15). The van der Waals surface area contributed by atoms with Crippen molar-refractivity contribution in [2.75, 3.05) is 13.2 Å². The number of hydrogen-bond acceptors (Lipinski definition) is 3. The lowest BCUT2D eigenvalue weighted by atomic mass is 10.1. The van der Waals surface area contributed by atoms with Crippen molar-refractivity contribution in [3.05, 3.63) is 27.7 Å². The van der Waals surface area contributed by atoms with Crippen molar-refractivity contribution in [2.45, 2.75) is 11.8 Å². The van der Waals surface area contributed by atoms with Gasteiger partial charge in [0.15, 0.2) is 0 Å². The Labute approximate surface area is 112 Å². The first-order valence-electron chi connectivity index (χ1n) is 4.88. The van der Waals surface area contributed by atoms with Gasteiger partial charge in [-0.15, -0.1) is 0 Å². The molecule has 18 heavy (non-hydrogen) atoms. The van der Waals surface area contributed by atoms with Gasteiger partial charge in [-0.2, -0.15) is 0 Å². The molecule has 2 N–H and O–H groups in total. The Morgan fingerprint density at radius 1 is 1.50 bits per heavy atom. The Morgan fingerprint density at radius 2 is 2.11 bits per heavy atom. The van der Waals surface area contributed by atoms with Gasteiger partial charge in [-0.1, -0.05) is 15.9 Å². The molecule has 0 aliphatic carbocycles. The normalized spacial score (nSPS) is 11.5. The van der Waals surface area contributed by atoms with E-state index in [0.717, 1.165) is 6.07 Å². The summed E-state index contributed by atoms with van der Waals surface area (Å²) >= 11 is 3.10. The molecule has 0 aliphatic heterocycles. The second-order valence-corrected chi connectivity index (χ2v) is 6.09. The Hall–Kier alpha value is -0.990. The third-order valence-electron chi connectivity index (χ3n) is 2.25. The number of sulfonamides is 1. The smallest absolute Gasteiger partial charge is 0.336 e. The summed E-state index contributed by atoms with van der Waals surface area (Å²) in [5.41, 5.74) is 0.303. The molecule has 0 atom stereocenters. The van der Waals surface area contributed by atoms with Crippen molar-refractivity contribution >= 4 is 31.9 Å². The highest BCUT2D eigenvalue weighted by atomic mass is 79.9. The Kier molecular flexibility index (Phi) is 4.83. The van der Waals surface area contributed by atoms with Crippen molar-refractivity contribution in [1.82, 2.24) is 4.72 Å². The van der Waals surface area contributed by atoms with Crippen LogP contribution in [-0.2, 0) is 10.0 Å². The predicted octanol–water partition coefficient (Wildman–Crippen LogP) is 1.70. The molecule has 1 aromatic rings. The zero-order chi connectivity index (χ0) is 13.9. The van der Waals surface area contributed by atoms with E-state index in [0.29, 0.717) is 10.0 Å². The summed E-state index contributed by atoms with van der Waals surface area (Å²) in [4.78, 5) is 10.8. The van der Waals surface area contributed by atoms with E-state index in [9.17, 15) is 17.6 Å². The fraction of sp³-hybridized carbons (Fsp3) is 0.300.